The fourth-order valence-electron chi connectivity index (χ4n) is 3.65. The first kappa shape index (κ1) is 17.1. The van der Waals surface area contributed by atoms with E-state index in [1.54, 1.807) is 0 Å². The number of aryl methyl sites for hydroxylation is 2. The van der Waals surface area contributed by atoms with Gasteiger partial charge in [-0.3, -0.25) is 0 Å². The van der Waals surface area contributed by atoms with Gasteiger partial charge in [-0.2, -0.15) is 0 Å². The Kier molecular flexibility index (Phi) is 5.95. The van der Waals surface area contributed by atoms with Crippen molar-refractivity contribution in [3.63, 3.8) is 0 Å². The Morgan fingerprint density at radius 1 is 0.833 bits per heavy atom. The highest BCUT2D eigenvalue weighted by Gasteiger charge is 2.17. The molecule has 0 aliphatic heterocycles. The van der Waals surface area contributed by atoms with E-state index in [0.717, 1.165) is 24.1 Å². The monoisotopic (exact) mass is 318 g/mol. The number of nitrogens with zero attached hydrogens (tertiary/aromatic N) is 1. The maximum Gasteiger partial charge on any atom is 0.125 e. The molecule has 0 atom stereocenters. The summed E-state index contributed by atoms with van der Waals surface area (Å²) in [6.07, 6.45) is 12.5. The van der Waals surface area contributed by atoms with Gasteiger partial charge in [0.2, 0.25) is 0 Å². The van der Waals surface area contributed by atoms with Crippen molar-refractivity contribution in [2.24, 2.45) is 0 Å². The average Bonchev–Trinajstić information content (AvgIpc) is 2.94. The Hall–Kier alpha value is -1.77. The van der Waals surface area contributed by atoms with Crippen molar-refractivity contribution in [3.05, 3.63) is 41.6 Å². The van der Waals surface area contributed by atoms with Crippen LogP contribution < -0.4 is 10.8 Å². The summed E-state index contributed by atoms with van der Waals surface area (Å²) in [5.74, 6) is 0.933. The molecule has 0 unspecified atom stereocenters. The number of fused-ring (bicyclic) bond motifs is 3. The molecule has 1 heterocycles. The topological polar surface area (TPSA) is 24.9 Å². The van der Waals surface area contributed by atoms with Gasteiger partial charge in [0.25, 0.3) is 0 Å². The van der Waals surface area contributed by atoms with E-state index in [9.17, 15) is 0 Å². The summed E-state index contributed by atoms with van der Waals surface area (Å²) in [6.45, 7) is 0. The summed E-state index contributed by atoms with van der Waals surface area (Å²) < 4.78 is 0. The van der Waals surface area contributed by atoms with Crippen LogP contribution in [0.15, 0.2) is 30.3 Å². The molecule has 0 spiro atoms. The smallest absolute Gasteiger partial charge is 0.125 e. The van der Waals surface area contributed by atoms with E-state index in [4.69, 9.17) is 7.85 Å². The number of hydrogen-bond donors (Lipinski definition) is 1. The predicted molar refractivity (Wildman–Crippen MR) is 104 cm³/mol. The number of hydrogen-bond acceptors (Lipinski definition) is 2. The van der Waals surface area contributed by atoms with E-state index in [0.29, 0.717) is 0 Å². The third kappa shape index (κ3) is 4.20. The Morgan fingerprint density at radius 2 is 1.46 bits per heavy atom. The highest BCUT2D eigenvalue weighted by Crippen LogP contribution is 2.32. The highest BCUT2D eigenvalue weighted by molar-refractivity contribution is 6.32. The molecule has 1 fully saturated rings. The van der Waals surface area contributed by atoms with Crippen molar-refractivity contribution in [3.8, 4) is 11.1 Å². The highest BCUT2D eigenvalue weighted by atomic mass is 15.0. The molecule has 2 aliphatic rings. The van der Waals surface area contributed by atoms with Gasteiger partial charge in [-0.05, 0) is 36.1 Å². The van der Waals surface area contributed by atoms with Crippen LogP contribution in [0.3, 0.4) is 0 Å². The molecular formula is C21H27BN2. The predicted octanol–water partition coefficient (Wildman–Crippen LogP) is 4.41. The van der Waals surface area contributed by atoms with Gasteiger partial charge in [-0.1, -0.05) is 68.6 Å². The molecule has 24 heavy (non-hydrogen) atoms. The molecule has 4 rings (SSSR count). The number of nitrogens with one attached hydrogen (secondary N) is 1. The Bertz CT molecular complexity index is 662. The lowest BCUT2D eigenvalue weighted by Gasteiger charge is -2.20. The molecular weight excluding hydrogens is 291 g/mol. The van der Waals surface area contributed by atoms with E-state index in [2.05, 4.69) is 28.5 Å². The minimum Gasteiger partial charge on any atom is -0.373 e. The number of benzene rings is 1. The average molecular weight is 318 g/mol. The minimum atomic E-state index is 0.840. The van der Waals surface area contributed by atoms with Crippen LogP contribution in [0, 0.1) is 0 Å². The zero-order valence-electron chi connectivity index (χ0n) is 14.8. The van der Waals surface area contributed by atoms with Crippen LogP contribution >= 0.6 is 0 Å². The summed E-state index contributed by atoms with van der Waals surface area (Å²) in [4.78, 5) is 4.61. The summed E-state index contributed by atoms with van der Waals surface area (Å²) in [5, 5.41) is 3.08. The molecule has 2 radical (unpaired) electrons. The molecule has 2 aliphatic carbocycles. The lowest BCUT2D eigenvalue weighted by Crippen LogP contribution is -2.11. The second-order valence-electron chi connectivity index (χ2n) is 6.83. The van der Waals surface area contributed by atoms with Gasteiger partial charge in [0.15, 0.2) is 0 Å². The van der Waals surface area contributed by atoms with Gasteiger partial charge in [-0.15, -0.1) is 0 Å². The fourth-order valence-corrected chi connectivity index (χ4v) is 3.65. The van der Waals surface area contributed by atoms with Crippen molar-refractivity contribution in [2.75, 3.05) is 12.4 Å². The van der Waals surface area contributed by atoms with Crippen molar-refractivity contribution in [1.82, 2.24) is 4.98 Å². The number of rotatable bonds is 1. The molecule has 1 aromatic heterocycles. The molecule has 124 valence electrons. The van der Waals surface area contributed by atoms with Gasteiger partial charge in [0, 0.05) is 12.6 Å². The van der Waals surface area contributed by atoms with Crippen LogP contribution in [-0.2, 0) is 12.8 Å². The van der Waals surface area contributed by atoms with Crippen LogP contribution in [0.1, 0.15) is 56.2 Å². The Morgan fingerprint density at radius 3 is 2.08 bits per heavy atom. The summed E-state index contributed by atoms with van der Waals surface area (Å²) >= 11 is 0. The molecule has 1 aromatic carbocycles. The van der Waals surface area contributed by atoms with Crippen LogP contribution in [0.4, 0.5) is 5.82 Å². The van der Waals surface area contributed by atoms with E-state index in [-0.39, 0.29) is 0 Å². The molecule has 2 nitrogen and oxygen atoms in total. The zero-order chi connectivity index (χ0) is 16.8. The minimum absolute atomic E-state index is 0.840. The van der Waals surface area contributed by atoms with Crippen LogP contribution in [0.25, 0.3) is 11.1 Å². The molecule has 0 saturated heterocycles. The van der Waals surface area contributed by atoms with Gasteiger partial charge in [0.05, 0.1) is 5.69 Å². The van der Waals surface area contributed by atoms with E-state index >= 15 is 0 Å². The summed E-state index contributed by atoms with van der Waals surface area (Å²) in [6, 6.07) is 10.3. The van der Waals surface area contributed by atoms with Crippen LogP contribution in [0.2, 0.25) is 0 Å². The number of pyridine rings is 1. The first-order valence-electron chi connectivity index (χ1n) is 9.34. The van der Waals surface area contributed by atoms with Gasteiger partial charge in [0.1, 0.15) is 13.7 Å². The van der Waals surface area contributed by atoms with E-state index < -0.39 is 0 Å². The standard InChI is InChI=1S/C14H13BN2.C7H14/c1-16-14-7-5-12-11-4-3-10(15)8-9(11)2-6-13(12)17-14;1-2-4-6-7-5-3-1/h3-5,7-8H,2,6H2,1H3,(H,16,17);1-7H2. The normalized spacial score (nSPS) is 16.0. The van der Waals surface area contributed by atoms with Gasteiger partial charge >= 0.3 is 0 Å². The third-order valence-corrected chi connectivity index (χ3v) is 5.03. The fraction of sp³-hybridized carbons (Fsp3) is 0.476. The van der Waals surface area contributed by atoms with Crippen LogP contribution in [-0.4, -0.2) is 19.9 Å². The maximum absolute atomic E-state index is 5.82. The Labute approximate surface area is 147 Å². The summed E-state index contributed by atoms with van der Waals surface area (Å²) in [5.41, 5.74) is 5.86. The maximum atomic E-state index is 5.82. The lowest BCUT2D eigenvalue weighted by atomic mass is 9.84. The SMILES string of the molecule is C1CCCCCC1.[B]c1ccc2c(c1)CCc1nc(NC)ccc1-2. The first-order valence-corrected chi connectivity index (χ1v) is 9.34. The first-order chi connectivity index (χ1) is 11.8. The zero-order valence-corrected chi connectivity index (χ0v) is 14.8. The van der Waals surface area contributed by atoms with Gasteiger partial charge < -0.3 is 5.32 Å². The van der Waals surface area contributed by atoms with Crippen molar-refractivity contribution < 1.29 is 0 Å². The van der Waals surface area contributed by atoms with Crippen molar-refractivity contribution >= 4 is 19.1 Å². The molecule has 1 N–H and O–H groups in total. The summed E-state index contributed by atoms with van der Waals surface area (Å²) in [7, 11) is 7.72. The Balaban J connectivity index is 0.000000203. The quantitative estimate of drug-likeness (QED) is 0.622. The lowest BCUT2D eigenvalue weighted by molar-refractivity contribution is 0.702. The molecule has 1 saturated carbocycles. The largest absolute Gasteiger partial charge is 0.373 e. The number of anilines is 1. The van der Waals surface area contributed by atoms with Crippen molar-refractivity contribution in [2.45, 2.75) is 57.8 Å². The third-order valence-electron chi connectivity index (χ3n) is 5.03. The second kappa shape index (κ2) is 8.37. The van der Waals surface area contributed by atoms with Crippen LogP contribution in [0.5, 0.6) is 0 Å². The second-order valence-corrected chi connectivity index (χ2v) is 6.83. The molecule has 0 amide bonds. The van der Waals surface area contributed by atoms with E-state index in [1.807, 2.05) is 19.2 Å². The molecule has 3 heteroatoms. The number of aromatic nitrogens is 1. The van der Waals surface area contributed by atoms with E-state index in [1.165, 1.54) is 67.3 Å². The van der Waals surface area contributed by atoms with Crippen molar-refractivity contribution in [1.29, 1.82) is 0 Å². The molecule has 0 bridgehead atoms. The van der Waals surface area contributed by atoms with Gasteiger partial charge in [-0.25, -0.2) is 4.98 Å². The molecule has 2 aromatic rings.